The third-order valence-electron chi connectivity index (χ3n) is 5.80. The number of nitrogens with one attached hydrogen (secondary N) is 2. The first-order valence-corrected chi connectivity index (χ1v) is 13.0. The number of carbonyl (C=O) groups is 3. The number of amides is 4. The highest BCUT2D eigenvalue weighted by Gasteiger charge is 2.35. The van der Waals surface area contributed by atoms with Gasteiger partial charge in [-0.2, -0.15) is 5.26 Å². The number of nitriles is 1. The van der Waals surface area contributed by atoms with Crippen LogP contribution < -0.4 is 24.8 Å². The maximum Gasteiger partial charge on any atom is 0.329 e. The van der Waals surface area contributed by atoms with Gasteiger partial charge >= 0.3 is 6.03 Å². The first-order chi connectivity index (χ1) is 19.3. The summed E-state index contributed by atoms with van der Waals surface area (Å²) >= 11 is 3.50. The number of hydrogen-bond donors (Lipinski definition) is 2. The second-order valence-electron chi connectivity index (χ2n) is 8.45. The molecule has 0 radical (unpaired) electrons. The Kier molecular flexibility index (Phi) is 9.04. The Morgan fingerprint density at radius 1 is 1.10 bits per heavy atom. The van der Waals surface area contributed by atoms with Crippen LogP contribution in [0.25, 0.3) is 6.08 Å². The third-order valence-corrected chi connectivity index (χ3v) is 6.39. The molecule has 1 fully saturated rings. The van der Waals surface area contributed by atoms with Gasteiger partial charge in [-0.25, -0.2) is 9.69 Å². The highest BCUT2D eigenvalue weighted by atomic mass is 79.9. The predicted molar refractivity (Wildman–Crippen MR) is 151 cm³/mol. The fourth-order valence-corrected chi connectivity index (χ4v) is 4.52. The van der Waals surface area contributed by atoms with Crippen LogP contribution in [0.2, 0.25) is 0 Å². The fourth-order valence-electron chi connectivity index (χ4n) is 3.94. The molecule has 0 atom stereocenters. The Balaban J connectivity index is 1.50. The summed E-state index contributed by atoms with van der Waals surface area (Å²) in [6.45, 7) is 1.83. The zero-order valence-electron chi connectivity index (χ0n) is 21.7. The molecule has 4 amide bonds. The van der Waals surface area contributed by atoms with E-state index < -0.39 is 24.4 Å². The van der Waals surface area contributed by atoms with Crippen LogP contribution in [0.15, 0.2) is 70.8 Å². The van der Waals surface area contributed by atoms with E-state index in [2.05, 4.69) is 32.6 Å². The van der Waals surface area contributed by atoms with Gasteiger partial charge in [0.15, 0.2) is 11.5 Å². The molecule has 3 aromatic carbocycles. The molecule has 1 aliphatic heterocycles. The van der Waals surface area contributed by atoms with Crippen molar-refractivity contribution in [1.29, 1.82) is 5.26 Å². The van der Waals surface area contributed by atoms with Gasteiger partial charge in [-0.15, -0.1) is 0 Å². The molecule has 1 aliphatic rings. The van der Waals surface area contributed by atoms with Gasteiger partial charge in [-0.3, -0.25) is 9.59 Å². The van der Waals surface area contributed by atoms with E-state index in [0.717, 1.165) is 10.5 Å². The Bertz CT molecular complexity index is 1530. The van der Waals surface area contributed by atoms with Gasteiger partial charge in [0, 0.05) is 5.56 Å². The lowest BCUT2D eigenvalue weighted by Crippen LogP contribution is -2.38. The van der Waals surface area contributed by atoms with E-state index in [1.54, 1.807) is 48.5 Å². The first-order valence-electron chi connectivity index (χ1n) is 12.2. The molecule has 0 bridgehead atoms. The maximum absolute atomic E-state index is 13.0. The normalized spacial score (nSPS) is 13.6. The minimum absolute atomic E-state index is 0.000978. The molecule has 0 unspecified atom stereocenters. The van der Waals surface area contributed by atoms with Crippen molar-refractivity contribution in [3.63, 3.8) is 0 Å². The summed E-state index contributed by atoms with van der Waals surface area (Å²) in [7, 11) is 1.47. The quantitative estimate of drug-likeness (QED) is 0.250. The number of ether oxygens (including phenoxy) is 3. The van der Waals surface area contributed by atoms with Crippen LogP contribution in [0.5, 0.6) is 17.2 Å². The first kappa shape index (κ1) is 28.2. The molecule has 40 heavy (non-hydrogen) atoms. The van der Waals surface area contributed by atoms with E-state index >= 15 is 0 Å². The number of methoxy groups -OCH3 is 1. The number of benzene rings is 3. The Morgan fingerprint density at radius 2 is 1.85 bits per heavy atom. The average Bonchev–Trinajstić information content (AvgIpc) is 3.20. The molecule has 0 aliphatic carbocycles. The van der Waals surface area contributed by atoms with Crippen molar-refractivity contribution in [1.82, 2.24) is 10.2 Å². The Labute approximate surface area is 239 Å². The number of urea groups is 1. The van der Waals surface area contributed by atoms with Crippen molar-refractivity contribution in [2.75, 3.05) is 25.6 Å². The summed E-state index contributed by atoms with van der Waals surface area (Å²) in [5, 5.41) is 14.5. The maximum atomic E-state index is 13.0. The summed E-state index contributed by atoms with van der Waals surface area (Å²) in [5.41, 5.74) is 2.20. The van der Waals surface area contributed by atoms with E-state index in [-0.39, 0.29) is 12.3 Å². The minimum atomic E-state index is -0.716. The lowest BCUT2D eigenvalue weighted by atomic mass is 10.1. The van der Waals surface area contributed by atoms with E-state index in [1.807, 2.05) is 19.1 Å². The highest BCUT2D eigenvalue weighted by Crippen LogP contribution is 2.38. The van der Waals surface area contributed by atoms with E-state index in [4.69, 9.17) is 14.2 Å². The molecule has 3 aromatic rings. The third kappa shape index (κ3) is 6.42. The van der Waals surface area contributed by atoms with Crippen molar-refractivity contribution < 1.29 is 28.6 Å². The van der Waals surface area contributed by atoms with Crippen molar-refractivity contribution in [2.24, 2.45) is 0 Å². The number of hydrogen-bond acceptors (Lipinski definition) is 7. The van der Waals surface area contributed by atoms with Crippen LogP contribution in [0.1, 0.15) is 23.6 Å². The van der Waals surface area contributed by atoms with Gasteiger partial charge < -0.3 is 24.8 Å². The standard InChI is InChI=1S/C29H25BrN4O6/c1-3-39-25-14-18(12-21(30)27(25)40-17-20-9-5-4-8-19(20)15-31)13-23-28(36)34(29(37)33-23)16-26(35)32-22-10-6-7-11-24(22)38-2/h4-14H,3,16-17H2,1-2H3,(H,32,35)(H,33,37)/b23-13+. The van der Waals surface area contributed by atoms with Gasteiger partial charge in [0.2, 0.25) is 5.91 Å². The van der Waals surface area contributed by atoms with Gasteiger partial charge in [0.1, 0.15) is 24.6 Å². The average molecular weight is 605 g/mol. The fraction of sp³-hybridized carbons (Fsp3) is 0.172. The summed E-state index contributed by atoms with van der Waals surface area (Å²) in [6.07, 6.45) is 1.49. The number of anilines is 1. The molecule has 0 spiro atoms. The minimum Gasteiger partial charge on any atom is -0.495 e. The molecular weight excluding hydrogens is 580 g/mol. The Hall–Kier alpha value is -4.82. The summed E-state index contributed by atoms with van der Waals surface area (Å²) < 4.78 is 17.5. The number of para-hydroxylation sites is 2. The lowest BCUT2D eigenvalue weighted by Gasteiger charge is -2.15. The number of nitrogens with zero attached hydrogens (tertiary/aromatic N) is 2. The number of halogens is 1. The molecule has 1 saturated heterocycles. The number of carbonyl (C=O) groups excluding carboxylic acids is 3. The molecule has 204 valence electrons. The molecule has 11 heteroatoms. The van der Waals surface area contributed by atoms with Crippen molar-refractivity contribution >= 4 is 45.5 Å². The summed E-state index contributed by atoms with van der Waals surface area (Å²) in [5.74, 6) is 0.0694. The largest absolute Gasteiger partial charge is 0.495 e. The van der Waals surface area contributed by atoms with E-state index in [0.29, 0.717) is 45.1 Å². The van der Waals surface area contributed by atoms with Crippen LogP contribution >= 0.6 is 15.9 Å². The van der Waals surface area contributed by atoms with Crippen LogP contribution in [0, 0.1) is 11.3 Å². The second-order valence-corrected chi connectivity index (χ2v) is 9.30. The Morgan fingerprint density at radius 3 is 2.60 bits per heavy atom. The summed E-state index contributed by atoms with van der Waals surface area (Å²) in [4.78, 5) is 38.9. The molecule has 4 rings (SSSR count). The SMILES string of the molecule is CCOc1cc(/C=C2/NC(=O)N(CC(=O)Nc3ccccc3OC)C2=O)cc(Br)c1OCc1ccccc1C#N. The molecule has 1 heterocycles. The van der Waals surface area contributed by atoms with Crippen LogP contribution in [-0.2, 0) is 16.2 Å². The molecule has 0 aromatic heterocycles. The topological polar surface area (TPSA) is 130 Å². The highest BCUT2D eigenvalue weighted by molar-refractivity contribution is 9.10. The smallest absolute Gasteiger partial charge is 0.329 e. The van der Waals surface area contributed by atoms with E-state index in [1.165, 1.54) is 13.2 Å². The van der Waals surface area contributed by atoms with Crippen LogP contribution in [-0.4, -0.2) is 43.0 Å². The van der Waals surface area contributed by atoms with Crippen molar-refractivity contribution in [3.05, 3.63) is 87.5 Å². The summed E-state index contributed by atoms with van der Waals surface area (Å²) in [6, 6.07) is 18.7. The van der Waals surface area contributed by atoms with Gasteiger partial charge in [0.25, 0.3) is 5.91 Å². The van der Waals surface area contributed by atoms with Crippen LogP contribution in [0.4, 0.5) is 10.5 Å². The monoisotopic (exact) mass is 604 g/mol. The van der Waals surface area contributed by atoms with Crippen molar-refractivity contribution in [2.45, 2.75) is 13.5 Å². The zero-order chi connectivity index (χ0) is 28.6. The molecule has 0 saturated carbocycles. The molecule has 10 nitrogen and oxygen atoms in total. The lowest BCUT2D eigenvalue weighted by molar-refractivity contribution is -0.127. The van der Waals surface area contributed by atoms with Crippen LogP contribution in [0.3, 0.4) is 0 Å². The second kappa shape index (κ2) is 12.8. The molecule has 2 N–H and O–H groups in total. The van der Waals surface area contributed by atoms with Crippen molar-refractivity contribution in [3.8, 4) is 23.3 Å². The number of rotatable bonds is 10. The number of imide groups is 1. The van der Waals surface area contributed by atoms with Gasteiger partial charge in [-0.1, -0.05) is 30.3 Å². The molecular formula is C29H25BrN4O6. The van der Waals surface area contributed by atoms with Gasteiger partial charge in [0.05, 0.1) is 35.5 Å². The zero-order valence-corrected chi connectivity index (χ0v) is 23.3. The predicted octanol–water partition coefficient (Wildman–Crippen LogP) is 4.84. The van der Waals surface area contributed by atoms with Gasteiger partial charge in [-0.05, 0) is 64.8 Å². The van der Waals surface area contributed by atoms with E-state index in [9.17, 15) is 19.6 Å².